The average Bonchev–Trinajstić information content (AvgIpc) is 3.00. The number of hydrogen-bond acceptors (Lipinski definition) is 6. The Morgan fingerprint density at radius 1 is 0.902 bits per heavy atom. The highest BCUT2D eigenvalue weighted by Gasteiger charge is 2.53. The molecular formula is C32H48N4O5. The predicted octanol–water partition coefficient (Wildman–Crippen LogP) is 4.64. The Kier molecular flexibility index (Phi) is 10.5. The molecule has 4 fully saturated rings. The van der Waals surface area contributed by atoms with Crippen LogP contribution in [0.1, 0.15) is 89.0 Å². The number of hydroxylamine groups is 2. The van der Waals surface area contributed by atoms with Gasteiger partial charge in [0.25, 0.3) is 5.91 Å². The summed E-state index contributed by atoms with van der Waals surface area (Å²) >= 11 is 0. The van der Waals surface area contributed by atoms with E-state index >= 15 is 0 Å². The molecule has 1 aromatic carbocycles. The van der Waals surface area contributed by atoms with Gasteiger partial charge in [-0.3, -0.25) is 14.4 Å². The second kappa shape index (κ2) is 14.5. The first-order valence-corrected chi connectivity index (χ1v) is 16.0. The fourth-order valence-electron chi connectivity index (χ4n) is 7.13. The molecule has 2 N–H and O–H groups in total. The summed E-state index contributed by atoms with van der Waals surface area (Å²) in [5.74, 6) is 0.545. The van der Waals surface area contributed by atoms with Crippen LogP contribution < -0.4 is 5.73 Å². The van der Waals surface area contributed by atoms with Crippen molar-refractivity contribution in [1.29, 1.82) is 0 Å². The third-order valence-electron chi connectivity index (χ3n) is 9.42. The number of rotatable bonds is 10. The van der Waals surface area contributed by atoms with Crippen molar-refractivity contribution in [3.63, 3.8) is 0 Å². The molecular weight excluding hydrogens is 520 g/mol. The first-order chi connectivity index (χ1) is 20.0. The minimum atomic E-state index is -0.911. The number of piperazine rings is 1. The van der Waals surface area contributed by atoms with Crippen molar-refractivity contribution >= 4 is 17.9 Å². The molecule has 5 rings (SSSR count). The van der Waals surface area contributed by atoms with Gasteiger partial charge in [0.05, 0.1) is 13.2 Å². The fraction of sp³-hybridized carbons (Fsp3) is 0.719. The van der Waals surface area contributed by atoms with Crippen LogP contribution in [-0.2, 0) is 25.6 Å². The van der Waals surface area contributed by atoms with Crippen molar-refractivity contribution in [2.24, 2.45) is 17.6 Å². The zero-order valence-corrected chi connectivity index (χ0v) is 24.5. The number of unbranched alkanes of at least 4 members (excludes halogenated alkanes) is 1. The van der Waals surface area contributed by atoms with Crippen LogP contribution in [0.25, 0.3) is 0 Å². The van der Waals surface area contributed by atoms with E-state index in [1.807, 2.05) is 35.2 Å². The lowest BCUT2D eigenvalue weighted by molar-refractivity contribution is -0.267. The molecule has 0 radical (unpaired) electrons. The van der Waals surface area contributed by atoms with Crippen LogP contribution in [0.2, 0.25) is 0 Å². The van der Waals surface area contributed by atoms with Crippen molar-refractivity contribution < 1.29 is 24.0 Å². The van der Waals surface area contributed by atoms with E-state index in [-0.39, 0.29) is 18.4 Å². The SMILES string of the molecule is NCCCC[C@H]1C(=O)N(CC2CCCCC2)CC2N(C(=O)OCC3CCCCC3)O[C@H](Cc3ccccc3)C(=O)N21. The second-order valence-corrected chi connectivity index (χ2v) is 12.5. The maximum Gasteiger partial charge on any atom is 0.436 e. The van der Waals surface area contributed by atoms with Crippen LogP contribution in [-0.4, -0.2) is 77.3 Å². The van der Waals surface area contributed by atoms with E-state index in [4.69, 9.17) is 15.3 Å². The first-order valence-electron chi connectivity index (χ1n) is 16.0. The van der Waals surface area contributed by atoms with Crippen LogP contribution >= 0.6 is 0 Å². The molecule has 2 saturated carbocycles. The molecule has 0 aromatic heterocycles. The molecule has 9 heteroatoms. The Morgan fingerprint density at radius 2 is 1.59 bits per heavy atom. The zero-order valence-electron chi connectivity index (χ0n) is 24.5. The monoisotopic (exact) mass is 568 g/mol. The van der Waals surface area contributed by atoms with Gasteiger partial charge < -0.3 is 20.3 Å². The maximum absolute atomic E-state index is 14.0. The molecule has 0 spiro atoms. The average molecular weight is 569 g/mol. The number of carbonyl (C=O) groups excluding carboxylic acids is 3. The smallest absolute Gasteiger partial charge is 0.436 e. The Labute approximate surface area is 244 Å². The van der Waals surface area contributed by atoms with Crippen molar-refractivity contribution in [3.05, 3.63) is 35.9 Å². The summed E-state index contributed by atoms with van der Waals surface area (Å²) in [7, 11) is 0. The number of ether oxygens (including phenoxy) is 1. The molecule has 0 bridgehead atoms. The summed E-state index contributed by atoms with van der Waals surface area (Å²) in [6.07, 6.45) is 11.7. The summed E-state index contributed by atoms with van der Waals surface area (Å²) in [6.45, 7) is 1.78. The number of fused-ring (bicyclic) bond motifs is 1. The van der Waals surface area contributed by atoms with Crippen molar-refractivity contribution in [3.8, 4) is 0 Å². The van der Waals surface area contributed by atoms with Gasteiger partial charge in [-0.05, 0) is 68.9 Å². The molecule has 2 heterocycles. The summed E-state index contributed by atoms with van der Waals surface area (Å²) in [5.41, 5.74) is 6.72. The standard InChI is InChI=1S/C32H48N4O5/c33-19-11-10-18-27-30(37)34(21-25-14-6-2-7-15-25)22-29-35(27)31(38)28(20-24-12-4-1-5-13-24)41-36(29)32(39)40-23-26-16-8-3-9-17-26/h1,4-5,12-13,25-29H,2-3,6-11,14-23,33H2/t27-,28+,29?/m0/s1. The summed E-state index contributed by atoms with van der Waals surface area (Å²) < 4.78 is 5.85. The van der Waals surface area contributed by atoms with E-state index in [9.17, 15) is 14.4 Å². The lowest BCUT2D eigenvalue weighted by Gasteiger charge is -2.53. The van der Waals surface area contributed by atoms with E-state index in [2.05, 4.69) is 0 Å². The molecule has 2 aliphatic carbocycles. The van der Waals surface area contributed by atoms with Gasteiger partial charge >= 0.3 is 6.09 Å². The van der Waals surface area contributed by atoms with Crippen LogP contribution in [0.5, 0.6) is 0 Å². The molecule has 9 nitrogen and oxygen atoms in total. The van der Waals surface area contributed by atoms with Gasteiger partial charge in [-0.25, -0.2) is 4.79 Å². The summed E-state index contributed by atoms with van der Waals surface area (Å²) in [6, 6.07) is 9.01. The minimum Gasteiger partial charge on any atom is -0.448 e. The minimum absolute atomic E-state index is 0.0203. The van der Waals surface area contributed by atoms with Crippen molar-refractivity contribution in [1.82, 2.24) is 14.9 Å². The number of hydrogen-bond donors (Lipinski definition) is 1. The Hall–Kier alpha value is -2.65. The topological polar surface area (TPSA) is 105 Å². The predicted molar refractivity (Wildman–Crippen MR) is 155 cm³/mol. The quantitative estimate of drug-likeness (QED) is 0.413. The first kappa shape index (κ1) is 29.8. The molecule has 3 amide bonds. The van der Waals surface area contributed by atoms with E-state index in [1.54, 1.807) is 4.90 Å². The molecule has 4 aliphatic rings. The van der Waals surface area contributed by atoms with Gasteiger partial charge in [0.2, 0.25) is 5.91 Å². The Balaban J connectivity index is 1.40. The van der Waals surface area contributed by atoms with Crippen LogP contribution in [0.3, 0.4) is 0 Å². The molecule has 41 heavy (non-hydrogen) atoms. The van der Waals surface area contributed by atoms with Gasteiger partial charge in [0, 0.05) is 13.0 Å². The number of benzene rings is 1. The third-order valence-corrected chi connectivity index (χ3v) is 9.42. The van der Waals surface area contributed by atoms with Crippen molar-refractivity contribution in [2.45, 2.75) is 108 Å². The number of carbonyl (C=O) groups is 3. The van der Waals surface area contributed by atoms with Crippen LogP contribution in [0.15, 0.2) is 30.3 Å². The molecule has 1 aromatic rings. The van der Waals surface area contributed by atoms with E-state index in [0.717, 1.165) is 56.9 Å². The number of nitrogens with two attached hydrogens (primary N) is 1. The van der Waals surface area contributed by atoms with Gasteiger partial charge in [-0.2, -0.15) is 5.06 Å². The highest BCUT2D eigenvalue weighted by molar-refractivity contribution is 5.92. The Morgan fingerprint density at radius 3 is 2.27 bits per heavy atom. The fourth-order valence-corrected chi connectivity index (χ4v) is 7.13. The van der Waals surface area contributed by atoms with Crippen molar-refractivity contribution in [2.75, 3.05) is 26.2 Å². The lowest BCUT2D eigenvalue weighted by Crippen LogP contribution is -2.74. The molecule has 226 valence electrons. The van der Waals surface area contributed by atoms with Gasteiger partial charge in [0.15, 0.2) is 12.3 Å². The molecule has 1 unspecified atom stereocenters. The van der Waals surface area contributed by atoms with Crippen LogP contribution in [0.4, 0.5) is 4.79 Å². The van der Waals surface area contributed by atoms with Gasteiger partial charge in [-0.15, -0.1) is 0 Å². The summed E-state index contributed by atoms with van der Waals surface area (Å²) in [4.78, 5) is 51.5. The normalized spacial score (nSPS) is 26.3. The van der Waals surface area contributed by atoms with Gasteiger partial charge in [0.1, 0.15) is 6.04 Å². The second-order valence-electron chi connectivity index (χ2n) is 12.5. The third kappa shape index (κ3) is 7.41. The van der Waals surface area contributed by atoms with E-state index < -0.39 is 24.4 Å². The highest BCUT2D eigenvalue weighted by Crippen LogP contribution is 2.33. The van der Waals surface area contributed by atoms with E-state index in [1.165, 1.54) is 30.7 Å². The maximum atomic E-state index is 14.0. The number of nitrogens with zero attached hydrogens (tertiary/aromatic N) is 3. The van der Waals surface area contributed by atoms with Gasteiger partial charge in [-0.1, -0.05) is 68.9 Å². The zero-order chi connectivity index (χ0) is 28.6. The van der Waals surface area contributed by atoms with Crippen LogP contribution in [0, 0.1) is 11.8 Å². The largest absolute Gasteiger partial charge is 0.448 e. The molecule has 2 saturated heterocycles. The molecule has 3 atom stereocenters. The summed E-state index contributed by atoms with van der Waals surface area (Å²) in [5, 5.41) is 1.29. The lowest BCUT2D eigenvalue weighted by atomic mass is 9.88. The van der Waals surface area contributed by atoms with E-state index in [0.29, 0.717) is 44.4 Å². The number of amides is 3. The Bertz CT molecular complexity index is 1010. The highest BCUT2D eigenvalue weighted by atomic mass is 16.7. The molecule has 2 aliphatic heterocycles.